The first-order chi connectivity index (χ1) is 24.9. The zero-order valence-corrected chi connectivity index (χ0v) is 31.9. The van der Waals surface area contributed by atoms with Crippen LogP contribution >= 0.6 is 0 Å². The maximum atomic E-state index is 14.8. The first kappa shape index (κ1) is 38.5. The molecule has 1 unspecified atom stereocenters. The minimum atomic E-state index is -4.24. The number of fused-ring (bicyclic) bond motifs is 3. The molecule has 2 aliphatic heterocycles. The third-order valence-electron chi connectivity index (χ3n) is 10.4. The largest absolute Gasteiger partial charge is 0.470 e. The summed E-state index contributed by atoms with van der Waals surface area (Å²) in [5.41, 5.74) is -1.73. The minimum Gasteiger partial charge on any atom is -0.470 e. The highest BCUT2D eigenvalue weighted by Crippen LogP contribution is 2.46. The number of rotatable bonds is 7. The molecule has 1 aromatic heterocycles. The Morgan fingerprint density at radius 2 is 1.83 bits per heavy atom. The highest BCUT2D eigenvalue weighted by molar-refractivity contribution is 7.91. The number of alkyl carbamates (subject to hydrolysis) is 1. The molecule has 17 heteroatoms. The number of hydrogen-bond acceptors (Lipinski definition) is 11. The number of pyridine rings is 1. The zero-order chi connectivity index (χ0) is 38.5. The van der Waals surface area contributed by atoms with E-state index in [4.69, 9.17) is 9.47 Å². The number of nitrogens with one attached hydrogen (secondary N) is 3. The predicted molar refractivity (Wildman–Crippen MR) is 195 cm³/mol. The Morgan fingerprint density at radius 1 is 1.09 bits per heavy atom. The molecule has 15 nitrogen and oxygen atoms in total. The van der Waals surface area contributed by atoms with Crippen molar-refractivity contribution < 1.29 is 45.5 Å². The fraction of sp³-hybridized carbons (Fsp3) is 0.583. The number of benzene rings is 1. The van der Waals surface area contributed by atoms with E-state index in [0.717, 1.165) is 34.9 Å². The summed E-state index contributed by atoms with van der Waals surface area (Å²) < 4.78 is 66.9. The number of amides is 4. The number of hydrogen-bond donors (Lipinski definition) is 3. The Hall–Kier alpha value is -4.25. The zero-order valence-electron chi connectivity index (χ0n) is 30.3. The van der Waals surface area contributed by atoms with Gasteiger partial charge in [0.05, 0.1) is 11.9 Å². The lowest BCUT2D eigenvalue weighted by Gasteiger charge is -2.37. The first-order valence-electron chi connectivity index (χ1n) is 17.8. The van der Waals surface area contributed by atoms with E-state index < -0.39 is 89.4 Å². The van der Waals surface area contributed by atoms with Crippen LogP contribution in [0.2, 0.25) is 0 Å². The van der Waals surface area contributed by atoms with E-state index in [1.807, 2.05) is 18.2 Å². The Balaban J connectivity index is 1.43. The lowest BCUT2D eigenvalue weighted by molar-refractivity contribution is -0.143. The molecule has 4 bridgehead atoms. The van der Waals surface area contributed by atoms with Crippen molar-refractivity contribution in [1.29, 1.82) is 0 Å². The number of aryl methyl sites for hydroxylation is 1. The summed E-state index contributed by atoms with van der Waals surface area (Å²) in [4.78, 5) is 61.2. The Bertz CT molecular complexity index is 2050. The lowest BCUT2D eigenvalue weighted by atomic mass is 9.85. The summed E-state index contributed by atoms with van der Waals surface area (Å²) in [7, 11) is -8.23. The van der Waals surface area contributed by atoms with Crippen molar-refractivity contribution in [3.05, 3.63) is 48.7 Å². The van der Waals surface area contributed by atoms with Crippen LogP contribution in [0.3, 0.4) is 0 Å². The SMILES string of the molecule is C=C[C@@H]1C[C@]1(NC(=O)[C@@H]1C[C@H]2Oc3nccc4ccc(cc34)CCCCCOC(=O)N[C@@H](C(C)(C)C)C(=O)N1C2S(C)(=O)=O)C(=O)NS(=O)(=O)C1CC1. The van der Waals surface area contributed by atoms with E-state index in [9.17, 15) is 36.0 Å². The first-order valence-corrected chi connectivity index (χ1v) is 21.3. The Kier molecular flexibility index (Phi) is 10.3. The molecular weight excluding hydrogens is 727 g/mol. The molecule has 1 saturated heterocycles. The summed E-state index contributed by atoms with van der Waals surface area (Å²) in [5, 5.41) is 4.24. The maximum absolute atomic E-state index is 14.8. The van der Waals surface area contributed by atoms with Crippen LogP contribution in [0, 0.1) is 11.3 Å². The smallest absolute Gasteiger partial charge is 0.407 e. The van der Waals surface area contributed by atoms with E-state index in [2.05, 4.69) is 26.9 Å². The summed E-state index contributed by atoms with van der Waals surface area (Å²) in [6.07, 6.45) is 5.02. The molecule has 3 heterocycles. The topological polar surface area (TPSA) is 207 Å². The number of sulfonamides is 1. The van der Waals surface area contributed by atoms with Gasteiger partial charge < -0.3 is 25.0 Å². The fourth-order valence-corrected chi connectivity index (χ4v) is 9.98. The Labute approximate surface area is 309 Å². The second-order valence-corrected chi connectivity index (χ2v) is 19.7. The van der Waals surface area contributed by atoms with Gasteiger partial charge in [-0.1, -0.05) is 39.0 Å². The van der Waals surface area contributed by atoms with Crippen LogP contribution in [-0.4, -0.2) is 97.7 Å². The summed E-state index contributed by atoms with van der Waals surface area (Å²) in [6.45, 7) is 8.84. The average Bonchev–Trinajstić information content (AvgIpc) is 4.00. The molecule has 4 aliphatic rings. The van der Waals surface area contributed by atoms with Crippen molar-refractivity contribution >= 4 is 54.4 Å². The quantitative estimate of drug-likeness (QED) is 0.349. The standard InChI is InChI=1S/C36H47N5O10S2/c1-6-23-20-36(23,33(44)40-53(48,49)24-13-14-24)39-29(42)26-19-27-32(52(5,46)47)41(26)31(43)28(35(2,3)4)38-34(45)50-17-9-7-8-10-21-11-12-22-15-16-37-30(51-27)25(22)18-21/h6,11-12,15-16,18,23-24,26-28,32H,1,7-10,13-14,17,19-20H2,2-5H3,(H,38,45)(H,39,42)(H,40,44)/t23-,26+,27-,28-,32?,36-/m1/s1. The van der Waals surface area contributed by atoms with Gasteiger partial charge in [-0.25, -0.2) is 26.6 Å². The van der Waals surface area contributed by atoms with Gasteiger partial charge in [0.25, 0.3) is 5.91 Å². The molecule has 6 atom stereocenters. The molecule has 3 fully saturated rings. The van der Waals surface area contributed by atoms with Gasteiger partial charge in [-0.2, -0.15) is 0 Å². The van der Waals surface area contributed by atoms with Gasteiger partial charge in [-0.15, -0.1) is 6.58 Å². The van der Waals surface area contributed by atoms with Gasteiger partial charge in [0.1, 0.15) is 23.7 Å². The van der Waals surface area contributed by atoms with Crippen LogP contribution in [-0.2, 0) is 45.4 Å². The summed E-state index contributed by atoms with van der Waals surface area (Å²) in [5.74, 6) is -3.27. The van der Waals surface area contributed by atoms with Gasteiger partial charge in [-0.3, -0.25) is 19.1 Å². The van der Waals surface area contributed by atoms with E-state index in [0.29, 0.717) is 31.1 Å². The predicted octanol–water partition coefficient (Wildman–Crippen LogP) is 2.49. The van der Waals surface area contributed by atoms with Crippen LogP contribution in [0.4, 0.5) is 4.79 Å². The number of carbonyl (C=O) groups excluding carboxylic acids is 4. The van der Waals surface area contributed by atoms with Crippen molar-refractivity contribution in [2.45, 2.75) is 106 Å². The van der Waals surface area contributed by atoms with Crippen LogP contribution in [0.5, 0.6) is 5.88 Å². The second kappa shape index (κ2) is 14.2. The van der Waals surface area contributed by atoms with Crippen LogP contribution in [0.15, 0.2) is 43.1 Å². The van der Waals surface area contributed by atoms with Crippen molar-refractivity contribution in [3.8, 4) is 5.88 Å². The second-order valence-electron chi connectivity index (χ2n) is 15.6. The highest BCUT2D eigenvalue weighted by Gasteiger charge is 2.63. The minimum absolute atomic E-state index is 0.0324. The van der Waals surface area contributed by atoms with Crippen molar-refractivity contribution in [2.75, 3.05) is 12.9 Å². The van der Waals surface area contributed by atoms with Gasteiger partial charge in [-0.05, 0) is 73.4 Å². The molecule has 2 aromatic rings. The average molecular weight is 774 g/mol. The summed E-state index contributed by atoms with van der Waals surface area (Å²) in [6, 6.07) is 4.69. The van der Waals surface area contributed by atoms with Crippen LogP contribution < -0.4 is 20.1 Å². The van der Waals surface area contributed by atoms with E-state index in [1.54, 1.807) is 26.8 Å². The third-order valence-corrected chi connectivity index (χ3v) is 13.6. The normalized spacial score (nSPS) is 28.5. The molecule has 4 amide bonds. The Morgan fingerprint density at radius 3 is 2.47 bits per heavy atom. The molecule has 288 valence electrons. The van der Waals surface area contributed by atoms with Crippen molar-refractivity contribution in [3.63, 3.8) is 0 Å². The van der Waals surface area contributed by atoms with Gasteiger partial charge >= 0.3 is 6.09 Å². The van der Waals surface area contributed by atoms with Gasteiger partial charge in [0, 0.05) is 30.2 Å². The molecular formula is C36H47N5O10S2. The van der Waals surface area contributed by atoms with Gasteiger partial charge in [0.15, 0.2) is 15.2 Å². The number of ether oxygens (including phenoxy) is 2. The summed E-state index contributed by atoms with van der Waals surface area (Å²) >= 11 is 0. The maximum Gasteiger partial charge on any atom is 0.407 e. The molecule has 2 aliphatic carbocycles. The molecule has 1 aromatic carbocycles. The van der Waals surface area contributed by atoms with E-state index in [-0.39, 0.29) is 25.3 Å². The molecule has 0 radical (unpaired) electrons. The number of cyclic esters (lactones) is 1. The molecule has 2 saturated carbocycles. The van der Waals surface area contributed by atoms with Crippen molar-refractivity contribution in [2.24, 2.45) is 11.3 Å². The number of aromatic nitrogens is 1. The molecule has 6 rings (SSSR count). The van der Waals surface area contributed by atoms with Crippen molar-refractivity contribution in [1.82, 2.24) is 25.2 Å². The number of nitrogens with zero attached hydrogens (tertiary/aromatic N) is 2. The monoisotopic (exact) mass is 773 g/mol. The van der Waals surface area contributed by atoms with Gasteiger partial charge in [0.2, 0.25) is 27.7 Å². The lowest BCUT2D eigenvalue weighted by Crippen LogP contribution is -2.62. The molecule has 0 spiro atoms. The van der Waals surface area contributed by atoms with Crippen LogP contribution in [0.1, 0.15) is 71.3 Å². The van der Waals surface area contributed by atoms with E-state index in [1.165, 1.54) is 12.3 Å². The molecule has 53 heavy (non-hydrogen) atoms. The van der Waals surface area contributed by atoms with Crippen LogP contribution in [0.25, 0.3) is 10.8 Å². The third kappa shape index (κ3) is 8.00. The molecule has 3 N–H and O–H groups in total. The number of sulfone groups is 1. The highest BCUT2D eigenvalue weighted by atomic mass is 32.2. The van der Waals surface area contributed by atoms with E-state index >= 15 is 0 Å². The fourth-order valence-electron chi connectivity index (χ4n) is 7.24. The number of carbonyl (C=O) groups is 4.